The van der Waals surface area contributed by atoms with Crippen LogP contribution in [0.1, 0.15) is 18.1 Å². The van der Waals surface area contributed by atoms with Gasteiger partial charge in [0.25, 0.3) is 0 Å². The van der Waals surface area contributed by atoms with Crippen molar-refractivity contribution < 1.29 is 9.47 Å². The zero-order valence-electron chi connectivity index (χ0n) is 15.3. The van der Waals surface area contributed by atoms with E-state index in [1.165, 1.54) is 10.8 Å². The van der Waals surface area contributed by atoms with Gasteiger partial charge in [0.2, 0.25) is 0 Å². The van der Waals surface area contributed by atoms with Crippen molar-refractivity contribution in [3.8, 4) is 11.5 Å². The number of rotatable bonds is 7. The molecule has 0 radical (unpaired) electrons. The number of fused-ring (bicyclic) bond motifs is 1. The van der Waals surface area contributed by atoms with E-state index in [1.54, 1.807) is 6.21 Å². The number of hydrazone groups is 1. The number of hydrogen-bond donors (Lipinski definition) is 2. The quantitative estimate of drug-likeness (QED) is 0.213. The van der Waals surface area contributed by atoms with Crippen molar-refractivity contribution >= 4 is 56.9 Å². The number of benzene rings is 3. The summed E-state index contributed by atoms with van der Waals surface area (Å²) in [5.74, 6) is 1.39. The van der Waals surface area contributed by atoms with E-state index < -0.39 is 0 Å². The maximum absolute atomic E-state index is 6.12. The molecule has 0 aliphatic heterocycles. The number of nitrogens with two attached hydrogens (primary N) is 1. The minimum absolute atomic E-state index is 0.117. The molecule has 0 bridgehead atoms. The van der Waals surface area contributed by atoms with Gasteiger partial charge in [-0.1, -0.05) is 36.4 Å². The molecule has 0 heterocycles. The lowest BCUT2D eigenvalue weighted by Gasteiger charge is -2.15. The zero-order valence-corrected chi connectivity index (χ0v) is 18.3. The number of thiocarbonyl (C=S) groups is 1. The SMILES string of the molecule is CCOc1cc(/C=N\NC(N)=S)cc(I)c1OCc1ccc2ccccc2c1. The van der Waals surface area contributed by atoms with Crippen LogP contribution < -0.4 is 20.6 Å². The normalized spacial score (nSPS) is 10.9. The lowest BCUT2D eigenvalue weighted by Crippen LogP contribution is -2.24. The van der Waals surface area contributed by atoms with Crippen LogP contribution in [0.25, 0.3) is 10.8 Å². The Hall–Kier alpha value is -2.39. The van der Waals surface area contributed by atoms with E-state index in [0.29, 0.717) is 19.0 Å². The third-order valence-electron chi connectivity index (χ3n) is 3.92. The third-order valence-corrected chi connectivity index (χ3v) is 4.81. The summed E-state index contributed by atoms with van der Waals surface area (Å²) in [6.45, 7) is 2.93. The molecule has 0 aliphatic carbocycles. The van der Waals surface area contributed by atoms with Crippen LogP contribution in [0, 0.1) is 3.57 Å². The molecular formula is C21H20IN3O2S. The molecule has 0 aromatic heterocycles. The van der Waals surface area contributed by atoms with Crippen LogP contribution >= 0.6 is 34.8 Å². The molecule has 28 heavy (non-hydrogen) atoms. The first-order valence-electron chi connectivity index (χ1n) is 8.72. The Kier molecular flexibility index (Phi) is 7.05. The molecule has 3 rings (SSSR count). The summed E-state index contributed by atoms with van der Waals surface area (Å²) >= 11 is 6.98. The van der Waals surface area contributed by atoms with Gasteiger partial charge >= 0.3 is 0 Å². The highest BCUT2D eigenvalue weighted by molar-refractivity contribution is 14.1. The van der Waals surface area contributed by atoms with E-state index in [4.69, 9.17) is 27.4 Å². The largest absolute Gasteiger partial charge is 0.490 e. The van der Waals surface area contributed by atoms with Gasteiger partial charge in [-0.15, -0.1) is 0 Å². The van der Waals surface area contributed by atoms with Gasteiger partial charge in [0.1, 0.15) is 6.61 Å². The summed E-state index contributed by atoms with van der Waals surface area (Å²) in [6, 6.07) is 18.5. The average molecular weight is 505 g/mol. The Morgan fingerprint density at radius 3 is 2.68 bits per heavy atom. The van der Waals surface area contributed by atoms with Crippen molar-refractivity contribution in [3.05, 3.63) is 69.3 Å². The van der Waals surface area contributed by atoms with Crippen LogP contribution in [0.15, 0.2) is 59.7 Å². The molecule has 144 valence electrons. The molecular weight excluding hydrogens is 485 g/mol. The molecule has 0 saturated carbocycles. The van der Waals surface area contributed by atoms with Crippen molar-refractivity contribution in [1.82, 2.24) is 5.43 Å². The summed E-state index contributed by atoms with van der Waals surface area (Å²) in [7, 11) is 0. The second kappa shape index (κ2) is 9.70. The van der Waals surface area contributed by atoms with Gasteiger partial charge in [-0.25, -0.2) is 0 Å². The fraction of sp³-hybridized carbons (Fsp3) is 0.143. The lowest BCUT2D eigenvalue weighted by atomic mass is 10.1. The molecule has 0 fully saturated rings. The van der Waals surface area contributed by atoms with Crippen LogP contribution in [-0.2, 0) is 6.61 Å². The molecule has 0 spiro atoms. The van der Waals surface area contributed by atoms with E-state index in [9.17, 15) is 0 Å². The van der Waals surface area contributed by atoms with Gasteiger partial charge < -0.3 is 15.2 Å². The smallest absolute Gasteiger partial charge is 0.184 e. The van der Waals surface area contributed by atoms with Gasteiger partial charge in [-0.2, -0.15) is 5.10 Å². The molecule has 0 saturated heterocycles. The molecule has 0 atom stereocenters. The van der Waals surface area contributed by atoms with E-state index >= 15 is 0 Å². The molecule has 0 unspecified atom stereocenters. The molecule has 3 aromatic carbocycles. The number of nitrogens with one attached hydrogen (secondary N) is 1. The summed E-state index contributed by atoms with van der Waals surface area (Å²) < 4.78 is 12.8. The first-order chi connectivity index (χ1) is 13.6. The van der Waals surface area contributed by atoms with Crippen molar-refractivity contribution in [2.45, 2.75) is 13.5 Å². The first-order valence-corrected chi connectivity index (χ1v) is 10.2. The minimum Gasteiger partial charge on any atom is -0.490 e. The van der Waals surface area contributed by atoms with E-state index in [0.717, 1.165) is 20.4 Å². The zero-order chi connectivity index (χ0) is 19.9. The topological polar surface area (TPSA) is 68.9 Å². The van der Waals surface area contributed by atoms with E-state index in [1.807, 2.05) is 31.2 Å². The average Bonchev–Trinajstić information content (AvgIpc) is 2.67. The predicted octanol–water partition coefficient (Wildman–Crippen LogP) is 4.59. The van der Waals surface area contributed by atoms with Crippen molar-refractivity contribution in [2.75, 3.05) is 6.61 Å². The highest BCUT2D eigenvalue weighted by Gasteiger charge is 2.12. The van der Waals surface area contributed by atoms with Crippen LogP contribution in [0.3, 0.4) is 0 Å². The van der Waals surface area contributed by atoms with E-state index in [2.05, 4.69) is 63.4 Å². The summed E-state index contributed by atoms with van der Waals surface area (Å²) in [4.78, 5) is 0. The van der Waals surface area contributed by atoms with Crippen molar-refractivity contribution in [3.63, 3.8) is 0 Å². The maximum Gasteiger partial charge on any atom is 0.184 e. The first kappa shape index (κ1) is 20.3. The Bertz CT molecular complexity index is 1020. The van der Waals surface area contributed by atoms with Gasteiger partial charge in [-0.3, -0.25) is 5.43 Å². The number of ether oxygens (including phenoxy) is 2. The Morgan fingerprint density at radius 1 is 1.14 bits per heavy atom. The summed E-state index contributed by atoms with van der Waals surface area (Å²) in [6.07, 6.45) is 1.64. The number of hydrogen-bond acceptors (Lipinski definition) is 4. The van der Waals surface area contributed by atoms with Crippen molar-refractivity contribution in [1.29, 1.82) is 0 Å². The van der Waals surface area contributed by atoms with Crippen LogP contribution in [0.2, 0.25) is 0 Å². The van der Waals surface area contributed by atoms with Crippen LogP contribution in [-0.4, -0.2) is 17.9 Å². The molecule has 0 aliphatic rings. The van der Waals surface area contributed by atoms with Gasteiger partial charge in [-0.05, 0) is 81.8 Å². The molecule has 3 aromatic rings. The van der Waals surface area contributed by atoms with Crippen LogP contribution in [0.5, 0.6) is 11.5 Å². The highest BCUT2D eigenvalue weighted by atomic mass is 127. The monoisotopic (exact) mass is 505 g/mol. The summed E-state index contributed by atoms with van der Waals surface area (Å²) in [5.41, 5.74) is 9.88. The Morgan fingerprint density at radius 2 is 1.93 bits per heavy atom. The fourth-order valence-corrected chi connectivity index (χ4v) is 3.55. The number of halogens is 1. The molecule has 5 nitrogen and oxygen atoms in total. The van der Waals surface area contributed by atoms with Gasteiger partial charge in [0.15, 0.2) is 16.6 Å². The lowest BCUT2D eigenvalue weighted by molar-refractivity contribution is 0.267. The highest BCUT2D eigenvalue weighted by Crippen LogP contribution is 2.34. The molecule has 3 N–H and O–H groups in total. The Labute approximate surface area is 183 Å². The minimum atomic E-state index is 0.117. The van der Waals surface area contributed by atoms with Crippen molar-refractivity contribution in [2.24, 2.45) is 10.8 Å². The third kappa shape index (κ3) is 5.32. The van der Waals surface area contributed by atoms with Gasteiger partial charge in [0, 0.05) is 0 Å². The molecule has 0 amide bonds. The summed E-state index contributed by atoms with van der Waals surface area (Å²) in [5, 5.41) is 6.52. The Balaban J connectivity index is 1.81. The predicted molar refractivity (Wildman–Crippen MR) is 126 cm³/mol. The van der Waals surface area contributed by atoms with Crippen LogP contribution in [0.4, 0.5) is 0 Å². The number of nitrogens with zero attached hydrogens (tertiary/aromatic N) is 1. The van der Waals surface area contributed by atoms with E-state index in [-0.39, 0.29) is 5.11 Å². The maximum atomic E-state index is 6.12. The fourth-order valence-electron chi connectivity index (χ4n) is 2.72. The second-order valence-electron chi connectivity index (χ2n) is 5.97. The standard InChI is InChI=1S/C21H20IN3O2S/c1-2-26-19-11-15(12-24-25-21(23)28)10-18(22)20(19)27-13-14-7-8-16-5-3-4-6-17(16)9-14/h3-12H,2,13H2,1H3,(H3,23,25,28)/b24-12-. The molecule has 7 heteroatoms. The van der Waals surface area contributed by atoms with Gasteiger partial charge in [0.05, 0.1) is 16.4 Å². The second-order valence-corrected chi connectivity index (χ2v) is 7.57.